The summed E-state index contributed by atoms with van der Waals surface area (Å²) >= 11 is 0. The third-order valence-corrected chi connectivity index (χ3v) is 4.58. The van der Waals surface area contributed by atoms with Crippen molar-refractivity contribution in [2.24, 2.45) is 17.3 Å². The molecular weight excluding hydrogens is 308 g/mol. The van der Waals surface area contributed by atoms with Gasteiger partial charge in [-0.2, -0.15) is 0 Å². The van der Waals surface area contributed by atoms with Crippen molar-refractivity contribution in [2.45, 2.75) is 40.1 Å². The van der Waals surface area contributed by atoms with Crippen LogP contribution in [0.2, 0.25) is 0 Å². The van der Waals surface area contributed by atoms with E-state index in [1.807, 2.05) is 38.1 Å². The van der Waals surface area contributed by atoms with Crippen LogP contribution >= 0.6 is 0 Å². The third kappa shape index (κ3) is 3.84. The van der Waals surface area contributed by atoms with Gasteiger partial charge in [0, 0.05) is 17.4 Å². The number of rotatable bonds is 6. The van der Waals surface area contributed by atoms with Gasteiger partial charge in [0.05, 0.1) is 25.2 Å². The molecule has 0 aromatic heterocycles. The Kier molecular flexibility index (Phi) is 5.78. The molecule has 0 aliphatic carbocycles. The molecule has 0 radical (unpaired) electrons. The average Bonchev–Trinajstić information content (AvgIpc) is 2.61. The maximum atomic E-state index is 12.6. The molecule has 132 valence electrons. The van der Waals surface area contributed by atoms with E-state index in [0.717, 1.165) is 11.3 Å². The number of hydrogen-bond acceptors (Lipinski definition) is 5. The van der Waals surface area contributed by atoms with Crippen molar-refractivity contribution in [3.8, 4) is 5.75 Å². The fourth-order valence-electron chi connectivity index (χ4n) is 2.99. The number of carbonyl (C=O) groups excluding carboxylic acids is 2. The summed E-state index contributed by atoms with van der Waals surface area (Å²) in [5, 5.41) is 0. The van der Waals surface area contributed by atoms with E-state index in [9.17, 15) is 9.59 Å². The Labute approximate surface area is 143 Å². The number of ether oxygens (including phenoxy) is 3. The van der Waals surface area contributed by atoms with Gasteiger partial charge in [-0.05, 0) is 26.0 Å². The van der Waals surface area contributed by atoms with Gasteiger partial charge >= 0.3 is 0 Å². The smallest absolute Gasteiger partial charge is 0.184 e. The highest BCUT2D eigenvalue weighted by atomic mass is 16.7. The first-order valence-electron chi connectivity index (χ1n) is 8.21. The van der Waals surface area contributed by atoms with Crippen molar-refractivity contribution in [2.75, 3.05) is 13.7 Å². The quantitative estimate of drug-likeness (QED) is 0.591. The predicted molar refractivity (Wildman–Crippen MR) is 89.7 cm³/mol. The van der Waals surface area contributed by atoms with Gasteiger partial charge in [0.2, 0.25) is 0 Å². The lowest BCUT2D eigenvalue weighted by atomic mass is 9.78. The van der Waals surface area contributed by atoms with Gasteiger partial charge in [-0.25, -0.2) is 0 Å². The van der Waals surface area contributed by atoms with Crippen molar-refractivity contribution in [1.29, 1.82) is 0 Å². The second-order valence-electron chi connectivity index (χ2n) is 7.01. The molecule has 2 rings (SSSR count). The molecule has 0 saturated carbocycles. The number of aldehydes is 1. The zero-order valence-electron chi connectivity index (χ0n) is 14.9. The molecule has 0 N–H and O–H groups in total. The molecule has 24 heavy (non-hydrogen) atoms. The molecule has 1 fully saturated rings. The molecule has 1 saturated heterocycles. The summed E-state index contributed by atoms with van der Waals surface area (Å²) < 4.78 is 17.0. The minimum absolute atomic E-state index is 0.0703. The van der Waals surface area contributed by atoms with Crippen LogP contribution in [0.15, 0.2) is 24.3 Å². The number of methoxy groups -OCH3 is 1. The van der Waals surface area contributed by atoms with Crippen LogP contribution in [-0.2, 0) is 19.1 Å². The van der Waals surface area contributed by atoms with Crippen LogP contribution in [0.25, 0.3) is 0 Å². The van der Waals surface area contributed by atoms with Crippen molar-refractivity contribution in [1.82, 2.24) is 0 Å². The monoisotopic (exact) mass is 334 g/mol. The molecule has 1 heterocycles. The maximum Gasteiger partial charge on any atom is 0.184 e. The van der Waals surface area contributed by atoms with Gasteiger partial charge in [0.25, 0.3) is 0 Å². The molecular formula is C19H26O5. The molecule has 0 amide bonds. The predicted octanol–water partition coefficient (Wildman–Crippen LogP) is 3.18. The van der Waals surface area contributed by atoms with Gasteiger partial charge < -0.3 is 19.0 Å². The Morgan fingerprint density at radius 2 is 1.96 bits per heavy atom. The van der Waals surface area contributed by atoms with Gasteiger partial charge in [-0.15, -0.1) is 0 Å². The molecule has 0 spiro atoms. The normalized spacial score (nSPS) is 25.8. The van der Waals surface area contributed by atoms with Crippen molar-refractivity contribution < 1.29 is 23.8 Å². The summed E-state index contributed by atoms with van der Waals surface area (Å²) in [5.41, 5.74) is -0.127. The van der Waals surface area contributed by atoms with Crippen LogP contribution < -0.4 is 4.74 Å². The Balaban J connectivity index is 2.15. The van der Waals surface area contributed by atoms with Gasteiger partial charge in [0.15, 0.2) is 12.1 Å². The van der Waals surface area contributed by atoms with Crippen LogP contribution in [0, 0.1) is 17.3 Å². The van der Waals surface area contributed by atoms with Crippen LogP contribution in [-0.4, -0.2) is 31.9 Å². The fourth-order valence-corrected chi connectivity index (χ4v) is 2.99. The molecule has 0 unspecified atom stereocenters. The van der Waals surface area contributed by atoms with E-state index in [-0.39, 0.29) is 23.7 Å². The fraction of sp³-hybridized carbons (Fsp3) is 0.579. The molecule has 1 aliphatic heterocycles. The van der Waals surface area contributed by atoms with E-state index < -0.39 is 11.7 Å². The highest BCUT2D eigenvalue weighted by Gasteiger charge is 2.41. The van der Waals surface area contributed by atoms with Crippen LogP contribution in [0.5, 0.6) is 5.75 Å². The van der Waals surface area contributed by atoms with E-state index in [2.05, 4.69) is 0 Å². The molecule has 1 aromatic carbocycles. The van der Waals surface area contributed by atoms with Crippen molar-refractivity contribution in [3.63, 3.8) is 0 Å². The molecule has 5 nitrogen and oxygen atoms in total. The van der Waals surface area contributed by atoms with Gasteiger partial charge in [-0.1, -0.05) is 26.0 Å². The highest BCUT2D eigenvalue weighted by Crippen LogP contribution is 2.35. The SMILES string of the molecule is COc1ccc([C@H]2OC[C@H](C)[C@@H]([C@@H](C)C(=O)C(C)(C)C=O)O2)cc1. The summed E-state index contributed by atoms with van der Waals surface area (Å²) in [7, 11) is 1.61. The Morgan fingerprint density at radius 3 is 2.50 bits per heavy atom. The summed E-state index contributed by atoms with van der Waals surface area (Å²) in [4.78, 5) is 23.8. The largest absolute Gasteiger partial charge is 0.497 e. The summed E-state index contributed by atoms with van der Waals surface area (Å²) in [6.07, 6.45) is -0.110. The topological polar surface area (TPSA) is 61.8 Å². The number of Topliss-reactive ketones (excluding diaryl/α,β-unsaturated/α-hetero) is 1. The Hall–Kier alpha value is -1.72. The number of hydrogen-bond donors (Lipinski definition) is 0. The lowest BCUT2D eigenvalue weighted by molar-refractivity contribution is -0.248. The standard InChI is InChI=1S/C19H26O5/c1-12-10-23-18(14-6-8-15(22-5)9-7-14)24-16(12)13(2)17(21)19(3,4)11-20/h6-9,11-13,16,18H,10H2,1-5H3/t12-,13+,16-,18-/m0/s1. The van der Waals surface area contributed by atoms with E-state index in [1.54, 1.807) is 21.0 Å². The second-order valence-corrected chi connectivity index (χ2v) is 7.01. The minimum atomic E-state index is -1.00. The zero-order valence-corrected chi connectivity index (χ0v) is 14.9. The molecule has 1 aliphatic rings. The van der Waals surface area contributed by atoms with E-state index >= 15 is 0 Å². The van der Waals surface area contributed by atoms with Crippen LogP contribution in [0.4, 0.5) is 0 Å². The second kappa shape index (κ2) is 7.45. The molecule has 0 bridgehead atoms. The number of ketones is 1. The van der Waals surface area contributed by atoms with Crippen molar-refractivity contribution >= 4 is 12.1 Å². The van der Waals surface area contributed by atoms with E-state index in [4.69, 9.17) is 14.2 Å². The van der Waals surface area contributed by atoms with E-state index in [1.165, 1.54) is 0 Å². The van der Waals surface area contributed by atoms with Crippen LogP contribution in [0.3, 0.4) is 0 Å². The zero-order chi connectivity index (χ0) is 17.9. The maximum absolute atomic E-state index is 12.6. The highest BCUT2D eigenvalue weighted by molar-refractivity contribution is 5.98. The number of benzene rings is 1. The Morgan fingerprint density at radius 1 is 1.33 bits per heavy atom. The summed E-state index contributed by atoms with van der Waals surface area (Å²) in [6, 6.07) is 7.47. The first-order valence-corrected chi connectivity index (χ1v) is 8.21. The van der Waals surface area contributed by atoms with Crippen molar-refractivity contribution in [3.05, 3.63) is 29.8 Å². The lowest BCUT2D eigenvalue weighted by Crippen LogP contribution is -2.45. The van der Waals surface area contributed by atoms with Gasteiger partial charge in [-0.3, -0.25) is 4.79 Å². The average molecular weight is 334 g/mol. The summed E-state index contributed by atoms with van der Waals surface area (Å²) in [6.45, 7) is 7.60. The molecule has 4 atom stereocenters. The first kappa shape index (κ1) is 18.6. The van der Waals surface area contributed by atoms with E-state index in [0.29, 0.717) is 12.9 Å². The minimum Gasteiger partial charge on any atom is -0.497 e. The molecule has 5 heteroatoms. The third-order valence-electron chi connectivity index (χ3n) is 4.58. The first-order chi connectivity index (χ1) is 11.3. The Bertz CT molecular complexity index is 578. The number of carbonyl (C=O) groups is 2. The summed E-state index contributed by atoms with van der Waals surface area (Å²) in [5.74, 6) is 0.339. The van der Waals surface area contributed by atoms with Gasteiger partial charge in [0.1, 0.15) is 12.0 Å². The lowest BCUT2D eigenvalue weighted by Gasteiger charge is -2.39. The molecule has 1 aromatic rings. The van der Waals surface area contributed by atoms with Crippen LogP contribution in [0.1, 0.15) is 39.5 Å².